The zero-order valence-electron chi connectivity index (χ0n) is 13.3. The highest BCUT2D eigenvalue weighted by Gasteiger charge is 2.22. The van der Waals surface area contributed by atoms with Crippen LogP contribution in [0.15, 0.2) is 48.5 Å². The van der Waals surface area contributed by atoms with Crippen LogP contribution in [0, 0.1) is 0 Å². The number of anilines is 2. The summed E-state index contributed by atoms with van der Waals surface area (Å²) >= 11 is 0. The molecule has 0 saturated carbocycles. The molecule has 1 atom stereocenters. The molecule has 0 aromatic heterocycles. The molecule has 2 aromatic carbocycles. The third-order valence-electron chi connectivity index (χ3n) is 3.73. The lowest BCUT2D eigenvalue weighted by atomic mass is 10.0. The van der Waals surface area contributed by atoms with Gasteiger partial charge in [0.2, 0.25) is 5.91 Å². The maximum absolute atomic E-state index is 12.2. The predicted octanol–water partition coefficient (Wildman–Crippen LogP) is 3.29. The number of rotatable bonds is 3. The second-order valence-electron chi connectivity index (χ2n) is 5.58. The van der Waals surface area contributed by atoms with Gasteiger partial charge in [-0.3, -0.25) is 4.79 Å². The summed E-state index contributed by atoms with van der Waals surface area (Å²) in [6.07, 6.45) is 0.728. The fraction of sp³-hybridized carbons (Fsp3) is 0.222. The number of fused-ring (bicyclic) bond motifs is 1. The van der Waals surface area contributed by atoms with Crippen molar-refractivity contribution in [3.8, 4) is 5.75 Å². The van der Waals surface area contributed by atoms with E-state index in [1.807, 2.05) is 24.3 Å². The Bertz CT molecular complexity index is 743. The molecule has 1 unspecified atom stereocenters. The van der Waals surface area contributed by atoms with Gasteiger partial charge < -0.3 is 20.7 Å². The van der Waals surface area contributed by atoms with Crippen molar-refractivity contribution in [2.45, 2.75) is 19.4 Å². The first-order valence-corrected chi connectivity index (χ1v) is 7.79. The van der Waals surface area contributed by atoms with Crippen molar-refractivity contribution in [3.63, 3.8) is 0 Å². The van der Waals surface area contributed by atoms with Gasteiger partial charge in [-0.2, -0.15) is 0 Å². The Morgan fingerprint density at radius 3 is 2.38 bits per heavy atom. The SMILES string of the molecule is CC(=O)Nc1ccc(NC(=O)NC2CCOc3ccccc32)cc1. The van der Waals surface area contributed by atoms with Crippen LogP contribution in [0.3, 0.4) is 0 Å². The van der Waals surface area contributed by atoms with Crippen LogP contribution in [-0.2, 0) is 4.79 Å². The molecule has 3 rings (SSSR count). The molecule has 0 aliphatic carbocycles. The highest BCUT2D eigenvalue weighted by molar-refractivity contribution is 5.91. The van der Waals surface area contributed by atoms with Crippen LogP contribution in [0.5, 0.6) is 5.75 Å². The molecule has 124 valence electrons. The van der Waals surface area contributed by atoms with E-state index < -0.39 is 0 Å². The quantitative estimate of drug-likeness (QED) is 0.810. The Morgan fingerprint density at radius 2 is 1.67 bits per heavy atom. The maximum atomic E-state index is 12.2. The number of carbonyl (C=O) groups is 2. The molecular formula is C18H19N3O3. The van der Waals surface area contributed by atoms with E-state index in [9.17, 15) is 9.59 Å². The van der Waals surface area contributed by atoms with Crippen molar-refractivity contribution < 1.29 is 14.3 Å². The lowest BCUT2D eigenvalue weighted by Gasteiger charge is -2.26. The molecule has 6 heteroatoms. The average molecular weight is 325 g/mol. The van der Waals surface area contributed by atoms with Gasteiger partial charge in [0, 0.05) is 30.3 Å². The Balaban J connectivity index is 1.61. The molecule has 2 aromatic rings. The minimum Gasteiger partial charge on any atom is -0.493 e. The van der Waals surface area contributed by atoms with Crippen LogP contribution < -0.4 is 20.7 Å². The fourth-order valence-electron chi connectivity index (χ4n) is 2.66. The normalized spacial score (nSPS) is 15.6. The number of ether oxygens (including phenoxy) is 1. The number of benzene rings is 2. The molecule has 1 aliphatic rings. The van der Waals surface area contributed by atoms with Crippen molar-refractivity contribution in [3.05, 3.63) is 54.1 Å². The van der Waals surface area contributed by atoms with Crippen molar-refractivity contribution in [1.82, 2.24) is 5.32 Å². The van der Waals surface area contributed by atoms with E-state index >= 15 is 0 Å². The van der Waals surface area contributed by atoms with Crippen LogP contribution >= 0.6 is 0 Å². The lowest BCUT2D eigenvalue weighted by Crippen LogP contribution is -2.35. The van der Waals surface area contributed by atoms with E-state index in [2.05, 4.69) is 16.0 Å². The molecule has 0 saturated heterocycles. The van der Waals surface area contributed by atoms with Crippen LogP contribution in [0.1, 0.15) is 24.9 Å². The second-order valence-corrected chi connectivity index (χ2v) is 5.58. The number of urea groups is 1. The predicted molar refractivity (Wildman–Crippen MR) is 92.2 cm³/mol. The Kier molecular flexibility index (Phi) is 4.65. The van der Waals surface area contributed by atoms with Crippen LogP contribution in [0.25, 0.3) is 0 Å². The molecule has 1 heterocycles. The van der Waals surface area contributed by atoms with Crippen molar-refractivity contribution in [2.24, 2.45) is 0 Å². The van der Waals surface area contributed by atoms with Gasteiger partial charge in [0.15, 0.2) is 0 Å². The summed E-state index contributed by atoms with van der Waals surface area (Å²) in [5.41, 5.74) is 2.33. The number of nitrogens with one attached hydrogen (secondary N) is 3. The molecule has 3 amide bonds. The molecule has 6 nitrogen and oxygen atoms in total. The fourth-order valence-corrected chi connectivity index (χ4v) is 2.66. The molecule has 0 spiro atoms. The second kappa shape index (κ2) is 7.04. The van der Waals surface area contributed by atoms with Gasteiger partial charge in [-0.15, -0.1) is 0 Å². The number of amides is 3. The summed E-state index contributed by atoms with van der Waals surface area (Å²) < 4.78 is 5.59. The molecular weight excluding hydrogens is 306 g/mol. The Morgan fingerprint density at radius 1 is 1.00 bits per heavy atom. The minimum absolute atomic E-state index is 0.0754. The maximum Gasteiger partial charge on any atom is 0.319 e. The van der Waals surface area contributed by atoms with Crippen LogP contribution in [0.2, 0.25) is 0 Å². The van der Waals surface area contributed by atoms with E-state index in [4.69, 9.17) is 4.74 Å². The van der Waals surface area contributed by atoms with E-state index in [1.165, 1.54) is 6.92 Å². The van der Waals surface area contributed by atoms with Gasteiger partial charge in [-0.05, 0) is 30.3 Å². The number of carbonyl (C=O) groups excluding carboxylic acids is 2. The average Bonchev–Trinajstić information content (AvgIpc) is 2.56. The van der Waals surface area contributed by atoms with Gasteiger partial charge in [0.25, 0.3) is 0 Å². The first-order chi connectivity index (χ1) is 11.6. The lowest BCUT2D eigenvalue weighted by molar-refractivity contribution is -0.114. The van der Waals surface area contributed by atoms with E-state index in [1.54, 1.807) is 24.3 Å². The Hall–Kier alpha value is -3.02. The number of para-hydroxylation sites is 1. The van der Waals surface area contributed by atoms with E-state index in [0.29, 0.717) is 18.0 Å². The number of hydrogen-bond donors (Lipinski definition) is 3. The monoisotopic (exact) mass is 325 g/mol. The van der Waals surface area contributed by atoms with Gasteiger partial charge in [-0.25, -0.2) is 4.79 Å². The van der Waals surface area contributed by atoms with E-state index in [0.717, 1.165) is 17.7 Å². The standard InChI is InChI=1S/C18H19N3O3/c1-12(22)19-13-6-8-14(9-7-13)20-18(23)21-16-10-11-24-17-5-3-2-4-15(16)17/h2-9,16H,10-11H2,1H3,(H,19,22)(H2,20,21,23). The molecule has 1 aliphatic heterocycles. The third-order valence-corrected chi connectivity index (χ3v) is 3.73. The zero-order valence-corrected chi connectivity index (χ0v) is 13.3. The minimum atomic E-state index is -0.274. The highest BCUT2D eigenvalue weighted by atomic mass is 16.5. The molecule has 0 bridgehead atoms. The molecule has 24 heavy (non-hydrogen) atoms. The summed E-state index contributed by atoms with van der Waals surface area (Å²) in [6, 6.07) is 14.3. The molecule has 0 radical (unpaired) electrons. The molecule has 3 N–H and O–H groups in total. The summed E-state index contributed by atoms with van der Waals surface area (Å²) in [7, 11) is 0. The smallest absolute Gasteiger partial charge is 0.319 e. The van der Waals surface area contributed by atoms with Gasteiger partial charge in [0.05, 0.1) is 12.6 Å². The third kappa shape index (κ3) is 3.84. The van der Waals surface area contributed by atoms with Gasteiger partial charge >= 0.3 is 6.03 Å². The summed E-state index contributed by atoms with van der Waals surface area (Å²) in [4.78, 5) is 23.2. The van der Waals surface area contributed by atoms with Crippen LogP contribution in [-0.4, -0.2) is 18.5 Å². The molecule has 0 fully saturated rings. The first-order valence-electron chi connectivity index (χ1n) is 7.79. The van der Waals surface area contributed by atoms with Gasteiger partial charge in [-0.1, -0.05) is 18.2 Å². The van der Waals surface area contributed by atoms with E-state index in [-0.39, 0.29) is 18.0 Å². The van der Waals surface area contributed by atoms with Crippen molar-refractivity contribution >= 4 is 23.3 Å². The largest absolute Gasteiger partial charge is 0.493 e. The number of hydrogen-bond acceptors (Lipinski definition) is 3. The van der Waals surface area contributed by atoms with Gasteiger partial charge in [0.1, 0.15) is 5.75 Å². The van der Waals surface area contributed by atoms with Crippen molar-refractivity contribution in [2.75, 3.05) is 17.2 Å². The Labute approximate surface area is 140 Å². The van der Waals surface area contributed by atoms with Crippen molar-refractivity contribution in [1.29, 1.82) is 0 Å². The highest BCUT2D eigenvalue weighted by Crippen LogP contribution is 2.31. The van der Waals surface area contributed by atoms with Crippen LogP contribution in [0.4, 0.5) is 16.2 Å². The summed E-state index contributed by atoms with van der Waals surface area (Å²) in [5, 5.41) is 8.45. The summed E-state index contributed by atoms with van der Waals surface area (Å²) in [5.74, 6) is 0.681. The zero-order chi connectivity index (χ0) is 16.9. The topological polar surface area (TPSA) is 79.5 Å². The summed E-state index contributed by atoms with van der Waals surface area (Å²) in [6.45, 7) is 2.03. The first kappa shape index (κ1) is 15.9.